The molecule has 0 radical (unpaired) electrons. The lowest BCUT2D eigenvalue weighted by molar-refractivity contribution is 0.0182. The molecule has 3 nitrogen and oxygen atoms in total. The van der Waals surface area contributed by atoms with Crippen LogP contribution >= 0.6 is 0 Å². The van der Waals surface area contributed by atoms with Crippen molar-refractivity contribution in [3.63, 3.8) is 0 Å². The first-order valence-electron chi connectivity index (χ1n) is 4.53. The molecule has 1 atom stereocenters. The molecule has 0 rings (SSSR count). The number of hydrogen-bond donors (Lipinski definition) is 1. The Hall–Kier alpha value is -0.120. The second kappa shape index (κ2) is 7.53. The summed E-state index contributed by atoms with van der Waals surface area (Å²) >= 11 is 0. The predicted octanol–water partition coefficient (Wildman–Crippen LogP) is 1.02. The maximum absolute atomic E-state index is 5.55. The third-order valence-corrected chi connectivity index (χ3v) is 1.80. The molecule has 0 aromatic carbocycles. The van der Waals surface area contributed by atoms with Gasteiger partial charge in [-0.25, -0.2) is 0 Å². The van der Waals surface area contributed by atoms with E-state index in [2.05, 4.69) is 13.8 Å². The Morgan fingerprint density at radius 3 is 2.33 bits per heavy atom. The lowest BCUT2D eigenvalue weighted by Gasteiger charge is -2.19. The van der Waals surface area contributed by atoms with Crippen molar-refractivity contribution in [3.8, 4) is 0 Å². The van der Waals surface area contributed by atoms with Crippen LogP contribution in [0.3, 0.4) is 0 Å². The molecule has 0 saturated heterocycles. The summed E-state index contributed by atoms with van der Waals surface area (Å²) in [6, 6.07) is 0. The van der Waals surface area contributed by atoms with E-state index in [0.717, 1.165) is 19.6 Å². The molecule has 0 spiro atoms. The molecule has 12 heavy (non-hydrogen) atoms. The van der Waals surface area contributed by atoms with Gasteiger partial charge in [-0.3, -0.25) is 0 Å². The lowest BCUT2D eigenvalue weighted by atomic mass is 10.1. The van der Waals surface area contributed by atoms with Gasteiger partial charge < -0.3 is 15.2 Å². The van der Waals surface area contributed by atoms with Gasteiger partial charge in [0, 0.05) is 26.9 Å². The third-order valence-electron chi connectivity index (χ3n) is 1.80. The Bertz CT molecular complexity index is 96.5. The summed E-state index contributed by atoms with van der Waals surface area (Å²) in [5.74, 6) is 0.498. The molecule has 0 aliphatic rings. The summed E-state index contributed by atoms with van der Waals surface area (Å²) in [7, 11) is 1.70. The minimum atomic E-state index is 0.196. The highest BCUT2D eigenvalue weighted by molar-refractivity contribution is 4.62. The van der Waals surface area contributed by atoms with Crippen molar-refractivity contribution in [3.05, 3.63) is 0 Å². The highest BCUT2D eigenvalue weighted by Crippen LogP contribution is 2.04. The maximum atomic E-state index is 5.55. The van der Waals surface area contributed by atoms with E-state index < -0.39 is 0 Å². The fraction of sp³-hybridized carbons (Fsp3) is 1.00. The molecule has 2 N–H and O–H groups in total. The Morgan fingerprint density at radius 2 is 1.92 bits per heavy atom. The SMILES string of the molecule is COCCCOC(CN)C(C)C. The van der Waals surface area contributed by atoms with Crippen molar-refractivity contribution in [2.45, 2.75) is 26.4 Å². The van der Waals surface area contributed by atoms with E-state index in [1.165, 1.54) is 0 Å². The summed E-state index contributed by atoms with van der Waals surface area (Å²) in [5.41, 5.74) is 5.53. The second-order valence-electron chi connectivity index (χ2n) is 3.24. The van der Waals surface area contributed by atoms with Gasteiger partial charge in [0.05, 0.1) is 6.10 Å². The molecule has 0 fully saturated rings. The van der Waals surface area contributed by atoms with E-state index in [9.17, 15) is 0 Å². The van der Waals surface area contributed by atoms with Gasteiger partial charge in [0.2, 0.25) is 0 Å². The topological polar surface area (TPSA) is 44.5 Å². The summed E-state index contributed by atoms with van der Waals surface area (Å²) in [6.07, 6.45) is 1.14. The van der Waals surface area contributed by atoms with Crippen LogP contribution in [0.2, 0.25) is 0 Å². The quantitative estimate of drug-likeness (QED) is 0.588. The van der Waals surface area contributed by atoms with Crippen LogP contribution in [0.5, 0.6) is 0 Å². The standard InChI is InChI=1S/C9H21NO2/c1-8(2)9(7-10)12-6-4-5-11-3/h8-9H,4-7,10H2,1-3H3. The van der Waals surface area contributed by atoms with Crippen LogP contribution < -0.4 is 5.73 Å². The largest absolute Gasteiger partial charge is 0.385 e. The van der Waals surface area contributed by atoms with Crippen molar-refractivity contribution in [2.24, 2.45) is 11.7 Å². The number of hydrogen-bond acceptors (Lipinski definition) is 3. The number of ether oxygens (including phenoxy) is 2. The number of nitrogens with two attached hydrogens (primary N) is 1. The molecule has 0 aliphatic heterocycles. The van der Waals surface area contributed by atoms with Gasteiger partial charge in [-0.2, -0.15) is 0 Å². The normalized spacial score (nSPS) is 13.8. The molecular weight excluding hydrogens is 154 g/mol. The Morgan fingerprint density at radius 1 is 1.25 bits per heavy atom. The fourth-order valence-corrected chi connectivity index (χ4v) is 0.971. The van der Waals surface area contributed by atoms with E-state index in [4.69, 9.17) is 15.2 Å². The fourth-order valence-electron chi connectivity index (χ4n) is 0.971. The monoisotopic (exact) mass is 175 g/mol. The molecule has 3 heteroatoms. The van der Waals surface area contributed by atoms with Crippen LogP contribution in [0.25, 0.3) is 0 Å². The molecule has 0 bridgehead atoms. The summed E-state index contributed by atoms with van der Waals surface area (Å²) in [4.78, 5) is 0. The lowest BCUT2D eigenvalue weighted by Crippen LogP contribution is -2.29. The zero-order chi connectivity index (χ0) is 9.40. The Kier molecular flexibility index (Phi) is 7.45. The van der Waals surface area contributed by atoms with Crippen LogP contribution in [0.15, 0.2) is 0 Å². The molecule has 74 valence electrons. The molecule has 0 amide bonds. The van der Waals surface area contributed by atoms with Gasteiger partial charge in [0.1, 0.15) is 0 Å². The van der Waals surface area contributed by atoms with E-state index in [1.54, 1.807) is 7.11 Å². The first-order chi connectivity index (χ1) is 5.72. The smallest absolute Gasteiger partial charge is 0.0720 e. The molecule has 0 aromatic heterocycles. The van der Waals surface area contributed by atoms with Crippen LogP contribution in [0.4, 0.5) is 0 Å². The average molecular weight is 175 g/mol. The van der Waals surface area contributed by atoms with Gasteiger partial charge in [-0.15, -0.1) is 0 Å². The van der Waals surface area contributed by atoms with Crippen molar-refractivity contribution in [1.82, 2.24) is 0 Å². The minimum Gasteiger partial charge on any atom is -0.385 e. The van der Waals surface area contributed by atoms with Crippen LogP contribution in [-0.4, -0.2) is 33.0 Å². The van der Waals surface area contributed by atoms with E-state index >= 15 is 0 Å². The average Bonchev–Trinajstić information content (AvgIpc) is 2.04. The van der Waals surface area contributed by atoms with Gasteiger partial charge in [0.25, 0.3) is 0 Å². The van der Waals surface area contributed by atoms with Crippen molar-refractivity contribution >= 4 is 0 Å². The minimum absolute atomic E-state index is 0.196. The Balaban J connectivity index is 3.32. The first kappa shape index (κ1) is 11.9. The maximum Gasteiger partial charge on any atom is 0.0720 e. The molecule has 0 saturated carbocycles. The molecule has 1 unspecified atom stereocenters. The summed E-state index contributed by atoms with van der Waals surface area (Å²) in [6.45, 7) is 6.34. The van der Waals surface area contributed by atoms with Gasteiger partial charge >= 0.3 is 0 Å². The zero-order valence-electron chi connectivity index (χ0n) is 8.38. The van der Waals surface area contributed by atoms with E-state index in [0.29, 0.717) is 12.5 Å². The highest BCUT2D eigenvalue weighted by Gasteiger charge is 2.10. The molecule has 0 aromatic rings. The van der Waals surface area contributed by atoms with Crippen LogP contribution in [0.1, 0.15) is 20.3 Å². The summed E-state index contributed by atoms with van der Waals surface area (Å²) < 4.78 is 10.5. The van der Waals surface area contributed by atoms with E-state index in [-0.39, 0.29) is 6.10 Å². The molecule has 0 heterocycles. The third kappa shape index (κ3) is 5.52. The molecule has 0 aliphatic carbocycles. The Labute approximate surface area is 75.2 Å². The van der Waals surface area contributed by atoms with Crippen LogP contribution in [-0.2, 0) is 9.47 Å². The van der Waals surface area contributed by atoms with Gasteiger partial charge in [0.15, 0.2) is 0 Å². The predicted molar refractivity (Wildman–Crippen MR) is 50.1 cm³/mol. The first-order valence-corrected chi connectivity index (χ1v) is 4.53. The highest BCUT2D eigenvalue weighted by atomic mass is 16.5. The van der Waals surface area contributed by atoms with Crippen molar-refractivity contribution in [1.29, 1.82) is 0 Å². The van der Waals surface area contributed by atoms with Gasteiger partial charge in [-0.1, -0.05) is 13.8 Å². The van der Waals surface area contributed by atoms with Gasteiger partial charge in [-0.05, 0) is 12.3 Å². The summed E-state index contributed by atoms with van der Waals surface area (Å²) in [5, 5.41) is 0. The number of rotatable bonds is 7. The van der Waals surface area contributed by atoms with Crippen LogP contribution in [0, 0.1) is 5.92 Å². The number of methoxy groups -OCH3 is 1. The van der Waals surface area contributed by atoms with Crippen molar-refractivity contribution in [2.75, 3.05) is 26.9 Å². The molecular formula is C9H21NO2. The van der Waals surface area contributed by atoms with E-state index in [1.807, 2.05) is 0 Å². The zero-order valence-corrected chi connectivity index (χ0v) is 8.38. The van der Waals surface area contributed by atoms with Crippen molar-refractivity contribution < 1.29 is 9.47 Å². The second-order valence-corrected chi connectivity index (χ2v) is 3.24.